The molecule has 2 aromatic rings. The summed E-state index contributed by atoms with van der Waals surface area (Å²) in [5.74, 6) is 1.05. The number of hydrogen-bond donors (Lipinski definition) is 2. The van der Waals surface area contributed by atoms with Gasteiger partial charge in [-0.15, -0.1) is 0 Å². The number of likely N-dealkylation sites (N-methyl/N-ethyl adjacent to an activating group) is 1. The van der Waals surface area contributed by atoms with Crippen LogP contribution in [0.3, 0.4) is 0 Å². The molecule has 21 heavy (non-hydrogen) atoms. The fourth-order valence-electron chi connectivity index (χ4n) is 3.09. The molecule has 1 amide bonds. The summed E-state index contributed by atoms with van der Waals surface area (Å²) < 4.78 is 0. The van der Waals surface area contributed by atoms with Gasteiger partial charge in [-0.3, -0.25) is 9.69 Å². The molecule has 5 heteroatoms. The molecule has 1 fully saturated rings. The second-order valence-corrected chi connectivity index (χ2v) is 5.80. The van der Waals surface area contributed by atoms with E-state index in [0.29, 0.717) is 6.54 Å². The van der Waals surface area contributed by atoms with Crippen LogP contribution < -0.4 is 5.32 Å². The number of imidazole rings is 1. The number of aromatic amines is 1. The molecule has 5 nitrogen and oxygen atoms in total. The van der Waals surface area contributed by atoms with E-state index in [0.717, 1.165) is 42.7 Å². The van der Waals surface area contributed by atoms with Gasteiger partial charge in [0, 0.05) is 7.05 Å². The molecule has 1 aliphatic heterocycles. The van der Waals surface area contributed by atoms with Gasteiger partial charge < -0.3 is 10.3 Å². The van der Waals surface area contributed by atoms with Crippen LogP contribution in [-0.4, -0.2) is 40.4 Å². The van der Waals surface area contributed by atoms with E-state index in [2.05, 4.69) is 39.2 Å². The molecular weight excluding hydrogens is 264 g/mol. The molecule has 112 valence electrons. The van der Waals surface area contributed by atoms with Gasteiger partial charge in [0.2, 0.25) is 5.91 Å². The van der Waals surface area contributed by atoms with E-state index in [4.69, 9.17) is 0 Å². The van der Waals surface area contributed by atoms with Crippen molar-refractivity contribution in [2.24, 2.45) is 0 Å². The first-order valence-corrected chi connectivity index (χ1v) is 7.58. The minimum absolute atomic E-state index is 0.0290. The summed E-state index contributed by atoms with van der Waals surface area (Å²) in [6.07, 6.45) is 3.19. The maximum absolute atomic E-state index is 12.0. The summed E-state index contributed by atoms with van der Waals surface area (Å²) >= 11 is 0. The highest BCUT2D eigenvalue weighted by Crippen LogP contribution is 2.20. The van der Waals surface area contributed by atoms with Gasteiger partial charge in [0.05, 0.1) is 23.6 Å². The van der Waals surface area contributed by atoms with Gasteiger partial charge in [0.1, 0.15) is 5.82 Å². The van der Waals surface area contributed by atoms with Gasteiger partial charge in [-0.05, 0) is 44.0 Å². The van der Waals surface area contributed by atoms with Crippen LogP contribution in [0.2, 0.25) is 0 Å². The van der Waals surface area contributed by atoms with Gasteiger partial charge in [0.15, 0.2) is 0 Å². The molecule has 0 spiro atoms. The van der Waals surface area contributed by atoms with Gasteiger partial charge in [-0.1, -0.05) is 12.5 Å². The number of benzene rings is 1. The average Bonchev–Trinajstić information content (AvgIpc) is 2.88. The van der Waals surface area contributed by atoms with Crippen molar-refractivity contribution in [2.45, 2.75) is 38.8 Å². The normalized spacial score (nSPS) is 19.8. The van der Waals surface area contributed by atoms with Crippen LogP contribution in [0.25, 0.3) is 11.0 Å². The van der Waals surface area contributed by atoms with Gasteiger partial charge in [-0.25, -0.2) is 4.98 Å². The number of amides is 1. The second kappa shape index (κ2) is 5.85. The van der Waals surface area contributed by atoms with Crippen LogP contribution in [0, 0.1) is 6.92 Å². The summed E-state index contributed by atoms with van der Waals surface area (Å²) in [6.45, 7) is 3.73. The lowest BCUT2D eigenvalue weighted by molar-refractivity contribution is -0.127. The van der Waals surface area contributed by atoms with E-state index in [9.17, 15) is 4.79 Å². The van der Waals surface area contributed by atoms with Crippen molar-refractivity contribution >= 4 is 16.9 Å². The van der Waals surface area contributed by atoms with E-state index in [1.807, 2.05) is 6.07 Å². The number of aryl methyl sites for hydroxylation is 1. The number of nitrogens with zero attached hydrogens (tertiary/aromatic N) is 2. The molecule has 1 aromatic heterocycles. The third-order valence-corrected chi connectivity index (χ3v) is 4.20. The van der Waals surface area contributed by atoms with Crippen LogP contribution in [0.4, 0.5) is 0 Å². The smallest absolute Gasteiger partial charge is 0.237 e. The summed E-state index contributed by atoms with van der Waals surface area (Å²) in [5.41, 5.74) is 3.28. The standard InChI is InChI=1S/C16H22N4O/c1-11-6-7-12-13(9-11)19-15(18-12)10-20-8-4-3-5-14(20)16(21)17-2/h6-7,9,14H,3-5,8,10H2,1-2H3,(H,17,21)(H,18,19)/t14-/m1/s1. The van der Waals surface area contributed by atoms with Gasteiger partial charge in [0.25, 0.3) is 0 Å². The molecule has 1 aliphatic rings. The minimum atomic E-state index is -0.0290. The summed E-state index contributed by atoms with van der Waals surface area (Å²) in [6, 6.07) is 6.19. The molecule has 2 N–H and O–H groups in total. The molecular formula is C16H22N4O. The highest BCUT2D eigenvalue weighted by atomic mass is 16.2. The Balaban J connectivity index is 1.80. The zero-order valence-electron chi connectivity index (χ0n) is 12.6. The lowest BCUT2D eigenvalue weighted by Gasteiger charge is -2.33. The highest BCUT2D eigenvalue weighted by molar-refractivity contribution is 5.81. The summed E-state index contributed by atoms with van der Waals surface area (Å²) in [7, 11) is 1.71. The fraction of sp³-hybridized carbons (Fsp3) is 0.500. The number of likely N-dealkylation sites (tertiary alicyclic amines) is 1. The number of carbonyl (C=O) groups excluding carboxylic acids is 1. The molecule has 0 radical (unpaired) electrons. The minimum Gasteiger partial charge on any atom is -0.358 e. The van der Waals surface area contributed by atoms with Crippen molar-refractivity contribution in [2.75, 3.05) is 13.6 Å². The Bertz CT molecular complexity index is 649. The quantitative estimate of drug-likeness (QED) is 0.907. The maximum atomic E-state index is 12.0. The number of piperidine rings is 1. The number of H-pyrrole nitrogens is 1. The number of carbonyl (C=O) groups is 1. The number of rotatable bonds is 3. The molecule has 0 saturated carbocycles. The van der Waals surface area contributed by atoms with E-state index >= 15 is 0 Å². The predicted octanol–water partition coefficient (Wildman–Crippen LogP) is 1.97. The van der Waals surface area contributed by atoms with E-state index in [1.165, 1.54) is 5.56 Å². The molecule has 0 bridgehead atoms. The van der Waals surface area contributed by atoms with Crippen LogP contribution in [0.1, 0.15) is 30.7 Å². The van der Waals surface area contributed by atoms with Gasteiger partial charge in [-0.2, -0.15) is 0 Å². The lowest BCUT2D eigenvalue weighted by Crippen LogP contribution is -2.48. The summed E-state index contributed by atoms with van der Waals surface area (Å²) in [4.78, 5) is 22.2. The first kappa shape index (κ1) is 14.1. The van der Waals surface area contributed by atoms with Crippen LogP contribution in [0.5, 0.6) is 0 Å². The molecule has 3 rings (SSSR count). The molecule has 2 heterocycles. The third-order valence-electron chi connectivity index (χ3n) is 4.20. The van der Waals surface area contributed by atoms with Crippen LogP contribution >= 0.6 is 0 Å². The van der Waals surface area contributed by atoms with E-state index < -0.39 is 0 Å². The lowest BCUT2D eigenvalue weighted by atomic mass is 10.0. The molecule has 1 saturated heterocycles. The topological polar surface area (TPSA) is 61.0 Å². The zero-order chi connectivity index (χ0) is 14.8. The highest BCUT2D eigenvalue weighted by Gasteiger charge is 2.28. The Morgan fingerprint density at radius 2 is 2.33 bits per heavy atom. The first-order chi connectivity index (χ1) is 10.2. The summed E-state index contributed by atoms with van der Waals surface area (Å²) in [5, 5.41) is 2.77. The Morgan fingerprint density at radius 3 is 3.14 bits per heavy atom. The van der Waals surface area contributed by atoms with E-state index in [-0.39, 0.29) is 11.9 Å². The monoisotopic (exact) mass is 286 g/mol. The molecule has 0 aliphatic carbocycles. The van der Waals surface area contributed by atoms with Crippen LogP contribution in [-0.2, 0) is 11.3 Å². The van der Waals surface area contributed by atoms with E-state index in [1.54, 1.807) is 7.05 Å². The Hall–Kier alpha value is -1.88. The van der Waals surface area contributed by atoms with Crippen molar-refractivity contribution in [1.82, 2.24) is 20.2 Å². The van der Waals surface area contributed by atoms with Gasteiger partial charge >= 0.3 is 0 Å². The third kappa shape index (κ3) is 2.93. The zero-order valence-corrected chi connectivity index (χ0v) is 12.6. The number of fused-ring (bicyclic) bond motifs is 1. The average molecular weight is 286 g/mol. The predicted molar refractivity (Wildman–Crippen MR) is 82.9 cm³/mol. The van der Waals surface area contributed by atoms with Crippen molar-refractivity contribution in [1.29, 1.82) is 0 Å². The maximum Gasteiger partial charge on any atom is 0.237 e. The van der Waals surface area contributed by atoms with Crippen LogP contribution in [0.15, 0.2) is 18.2 Å². The molecule has 1 aromatic carbocycles. The van der Waals surface area contributed by atoms with Crippen molar-refractivity contribution in [3.05, 3.63) is 29.6 Å². The number of nitrogens with one attached hydrogen (secondary N) is 2. The second-order valence-electron chi connectivity index (χ2n) is 5.80. The Kier molecular flexibility index (Phi) is 3.92. The molecule has 1 atom stereocenters. The largest absolute Gasteiger partial charge is 0.358 e. The fourth-order valence-corrected chi connectivity index (χ4v) is 3.09. The Morgan fingerprint density at radius 1 is 1.48 bits per heavy atom. The van der Waals surface area contributed by atoms with Crippen molar-refractivity contribution in [3.8, 4) is 0 Å². The number of hydrogen-bond acceptors (Lipinski definition) is 3. The molecule has 0 unspecified atom stereocenters. The SMILES string of the molecule is CNC(=O)[C@H]1CCCCN1Cc1nc2ccc(C)cc2[nH]1. The number of aromatic nitrogens is 2. The Labute approximate surface area is 124 Å². The van der Waals surface area contributed by atoms with Crippen molar-refractivity contribution < 1.29 is 4.79 Å². The first-order valence-electron chi connectivity index (χ1n) is 7.58. The van der Waals surface area contributed by atoms with Crippen molar-refractivity contribution in [3.63, 3.8) is 0 Å².